The van der Waals surface area contributed by atoms with Gasteiger partial charge in [-0.2, -0.15) is 0 Å². The van der Waals surface area contributed by atoms with Crippen LogP contribution in [0.25, 0.3) is 0 Å². The average molecular weight is 390 g/mol. The van der Waals surface area contributed by atoms with E-state index in [-0.39, 0.29) is 17.3 Å². The molecule has 7 nitrogen and oxygen atoms in total. The summed E-state index contributed by atoms with van der Waals surface area (Å²) in [7, 11) is -2.41. The summed E-state index contributed by atoms with van der Waals surface area (Å²) in [4.78, 5) is 14.5. The Bertz CT molecular complexity index is 880. The zero-order chi connectivity index (χ0) is 19.3. The van der Waals surface area contributed by atoms with E-state index in [4.69, 9.17) is 9.47 Å². The zero-order valence-corrected chi connectivity index (χ0v) is 15.9. The molecule has 1 aliphatic heterocycles. The standard InChI is InChI=1S/C19H22N2O5S/c1-25-17-7-5-6-16(14-17)21(15-19(22)20-10-12-26-13-11-20)27(23,24)18-8-3-2-4-9-18/h2-9,14H,10-13,15H2,1H3. The normalized spacial score (nSPS) is 14.6. The first-order chi connectivity index (χ1) is 13.0. The second-order valence-corrected chi connectivity index (χ2v) is 7.88. The Morgan fingerprint density at radius 1 is 1.11 bits per heavy atom. The van der Waals surface area contributed by atoms with Crippen molar-refractivity contribution in [3.05, 3.63) is 54.6 Å². The van der Waals surface area contributed by atoms with Gasteiger partial charge in [0.1, 0.15) is 12.3 Å². The molecule has 0 radical (unpaired) electrons. The molecule has 2 aromatic rings. The number of sulfonamides is 1. The number of hydrogen-bond donors (Lipinski definition) is 0. The maximum Gasteiger partial charge on any atom is 0.264 e. The fraction of sp³-hybridized carbons (Fsp3) is 0.316. The number of anilines is 1. The molecule has 0 spiro atoms. The number of amides is 1. The summed E-state index contributed by atoms with van der Waals surface area (Å²) in [6, 6.07) is 14.8. The van der Waals surface area contributed by atoms with Gasteiger partial charge in [-0.15, -0.1) is 0 Å². The van der Waals surface area contributed by atoms with E-state index in [1.807, 2.05) is 0 Å². The fourth-order valence-corrected chi connectivity index (χ4v) is 4.26. The lowest BCUT2D eigenvalue weighted by Crippen LogP contribution is -2.47. The van der Waals surface area contributed by atoms with Crippen molar-refractivity contribution in [1.29, 1.82) is 0 Å². The first-order valence-corrected chi connectivity index (χ1v) is 10.0. The molecule has 8 heteroatoms. The van der Waals surface area contributed by atoms with Gasteiger partial charge in [0, 0.05) is 19.2 Å². The van der Waals surface area contributed by atoms with Crippen LogP contribution in [0.3, 0.4) is 0 Å². The number of methoxy groups -OCH3 is 1. The van der Waals surface area contributed by atoms with Gasteiger partial charge in [-0.25, -0.2) is 8.42 Å². The second kappa shape index (κ2) is 8.41. The van der Waals surface area contributed by atoms with Crippen molar-refractivity contribution in [2.24, 2.45) is 0 Å². The van der Waals surface area contributed by atoms with Crippen LogP contribution in [0.5, 0.6) is 5.75 Å². The third-order valence-corrected chi connectivity index (χ3v) is 6.10. The SMILES string of the molecule is COc1cccc(N(CC(=O)N2CCOCC2)S(=O)(=O)c2ccccc2)c1. The molecule has 0 saturated carbocycles. The van der Waals surface area contributed by atoms with Gasteiger partial charge in [-0.05, 0) is 24.3 Å². The summed E-state index contributed by atoms with van der Waals surface area (Å²) in [5, 5.41) is 0. The van der Waals surface area contributed by atoms with Crippen molar-refractivity contribution >= 4 is 21.6 Å². The fourth-order valence-electron chi connectivity index (χ4n) is 2.84. The van der Waals surface area contributed by atoms with Crippen LogP contribution in [0.1, 0.15) is 0 Å². The Morgan fingerprint density at radius 3 is 2.48 bits per heavy atom. The minimum Gasteiger partial charge on any atom is -0.497 e. The molecular formula is C19H22N2O5S. The first-order valence-electron chi connectivity index (χ1n) is 8.60. The van der Waals surface area contributed by atoms with Crippen molar-refractivity contribution in [2.45, 2.75) is 4.90 Å². The number of hydrogen-bond acceptors (Lipinski definition) is 5. The number of rotatable bonds is 6. The highest BCUT2D eigenvalue weighted by atomic mass is 32.2. The Balaban J connectivity index is 1.97. The highest BCUT2D eigenvalue weighted by Gasteiger charge is 2.29. The molecule has 3 rings (SSSR count). The van der Waals surface area contributed by atoms with Gasteiger partial charge < -0.3 is 14.4 Å². The number of nitrogens with zero attached hydrogens (tertiary/aromatic N) is 2. The van der Waals surface area contributed by atoms with Crippen LogP contribution in [-0.4, -0.2) is 59.2 Å². The third kappa shape index (κ3) is 4.40. The molecule has 1 aliphatic rings. The van der Waals surface area contributed by atoms with Gasteiger partial charge in [0.2, 0.25) is 5.91 Å². The molecule has 0 aromatic heterocycles. The highest BCUT2D eigenvalue weighted by molar-refractivity contribution is 7.92. The Labute approximate surface area is 159 Å². The molecule has 1 heterocycles. The second-order valence-electron chi connectivity index (χ2n) is 6.02. The summed E-state index contributed by atoms with van der Waals surface area (Å²) < 4.78 is 38.1. The van der Waals surface area contributed by atoms with E-state index in [9.17, 15) is 13.2 Å². The van der Waals surface area contributed by atoms with Gasteiger partial charge in [0.05, 0.1) is 30.9 Å². The third-order valence-electron chi connectivity index (χ3n) is 4.32. The van der Waals surface area contributed by atoms with Gasteiger partial charge >= 0.3 is 0 Å². The summed E-state index contributed by atoms with van der Waals surface area (Å²) in [6.07, 6.45) is 0. The van der Waals surface area contributed by atoms with E-state index in [2.05, 4.69) is 0 Å². The van der Waals surface area contributed by atoms with Crippen LogP contribution in [0.15, 0.2) is 59.5 Å². The van der Waals surface area contributed by atoms with E-state index < -0.39 is 10.0 Å². The zero-order valence-electron chi connectivity index (χ0n) is 15.1. The number of carbonyl (C=O) groups is 1. The molecule has 1 fully saturated rings. The van der Waals surface area contributed by atoms with Crippen LogP contribution < -0.4 is 9.04 Å². The van der Waals surface area contributed by atoms with Gasteiger partial charge in [-0.3, -0.25) is 9.10 Å². The number of morpholine rings is 1. The molecule has 0 aliphatic carbocycles. The molecule has 0 unspecified atom stereocenters. The topological polar surface area (TPSA) is 76.2 Å². The van der Waals surface area contributed by atoms with Crippen molar-refractivity contribution in [3.63, 3.8) is 0 Å². The van der Waals surface area contributed by atoms with Gasteiger partial charge in [0.25, 0.3) is 10.0 Å². The molecule has 0 N–H and O–H groups in total. The van der Waals surface area contributed by atoms with E-state index in [0.29, 0.717) is 37.7 Å². The molecule has 1 amide bonds. The summed E-state index contributed by atoms with van der Waals surface area (Å²) in [6.45, 7) is 1.53. The summed E-state index contributed by atoms with van der Waals surface area (Å²) in [5.74, 6) is 0.250. The maximum absolute atomic E-state index is 13.2. The monoisotopic (exact) mass is 390 g/mol. The number of carbonyl (C=O) groups excluding carboxylic acids is 1. The lowest BCUT2D eigenvalue weighted by molar-refractivity contribution is -0.133. The van der Waals surface area contributed by atoms with Crippen LogP contribution >= 0.6 is 0 Å². The van der Waals surface area contributed by atoms with Crippen LogP contribution in [0, 0.1) is 0 Å². The number of ether oxygens (including phenoxy) is 2. The van der Waals surface area contributed by atoms with E-state index in [1.165, 1.54) is 19.2 Å². The molecule has 27 heavy (non-hydrogen) atoms. The molecule has 0 bridgehead atoms. The van der Waals surface area contributed by atoms with Gasteiger partial charge in [0.15, 0.2) is 0 Å². The van der Waals surface area contributed by atoms with Crippen LogP contribution in [-0.2, 0) is 19.6 Å². The molecule has 1 saturated heterocycles. The summed E-state index contributed by atoms with van der Waals surface area (Å²) in [5.41, 5.74) is 0.375. The Morgan fingerprint density at radius 2 is 1.81 bits per heavy atom. The van der Waals surface area contributed by atoms with Crippen LogP contribution in [0.4, 0.5) is 5.69 Å². The van der Waals surface area contributed by atoms with Crippen molar-refractivity contribution in [3.8, 4) is 5.75 Å². The van der Waals surface area contributed by atoms with Gasteiger partial charge in [-0.1, -0.05) is 24.3 Å². The molecule has 2 aromatic carbocycles. The van der Waals surface area contributed by atoms with E-state index >= 15 is 0 Å². The average Bonchev–Trinajstić information content (AvgIpc) is 2.73. The van der Waals surface area contributed by atoms with Crippen LogP contribution in [0.2, 0.25) is 0 Å². The molecular weight excluding hydrogens is 368 g/mol. The van der Waals surface area contributed by atoms with E-state index in [1.54, 1.807) is 47.4 Å². The molecule has 0 atom stereocenters. The van der Waals surface area contributed by atoms with Crippen molar-refractivity contribution < 1.29 is 22.7 Å². The predicted octanol–water partition coefficient (Wildman–Crippen LogP) is 1.75. The Hall–Kier alpha value is -2.58. The highest BCUT2D eigenvalue weighted by Crippen LogP contribution is 2.27. The largest absolute Gasteiger partial charge is 0.497 e. The Kier molecular flexibility index (Phi) is 5.98. The smallest absolute Gasteiger partial charge is 0.264 e. The number of benzene rings is 2. The minimum absolute atomic E-state index is 0.127. The van der Waals surface area contributed by atoms with Crippen molar-refractivity contribution in [2.75, 3.05) is 44.3 Å². The quantitative estimate of drug-likeness (QED) is 0.751. The maximum atomic E-state index is 13.2. The van der Waals surface area contributed by atoms with E-state index in [0.717, 1.165) is 4.31 Å². The summed E-state index contributed by atoms with van der Waals surface area (Å²) >= 11 is 0. The minimum atomic E-state index is -3.91. The van der Waals surface area contributed by atoms with Crippen molar-refractivity contribution in [1.82, 2.24) is 4.90 Å². The first kappa shape index (κ1) is 19.2. The lowest BCUT2D eigenvalue weighted by atomic mass is 10.3. The lowest BCUT2D eigenvalue weighted by Gasteiger charge is -2.30. The molecule has 144 valence electrons. The predicted molar refractivity (Wildman–Crippen MR) is 101 cm³/mol.